The lowest BCUT2D eigenvalue weighted by atomic mass is 9.44. The predicted octanol–water partition coefficient (Wildman–Crippen LogP) is 1.90. The molecule has 0 bridgehead atoms. The molecule has 0 aromatic rings. The van der Waals surface area contributed by atoms with Gasteiger partial charge in [0.25, 0.3) is 0 Å². The third-order valence-corrected chi connectivity index (χ3v) is 8.79. The van der Waals surface area contributed by atoms with E-state index in [0.717, 1.165) is 0 Å². The maximum Gasteiger partial charge on any atom is 0.190 e. The van der Waals surface area contributed by atoms with Gasteiger partial charge in [-0.1, -0.05) is 25.5 Å². The third kappa shape index (κ3) is 2.01. The number of Topliss-reactive ketones (excluding diaryl/α,β-unsaturated/α-hetero) is 1. The smallest absolute Gasteiger partial charge is 0.190 e. The highest BCUT2D eigenvalue weighted by Gasteiger charge is 2.75. The summed E-state index contributed by atoms with van der Waals surface area (Å²) in [5.74, 6) is -2.12. The van der Waals surface area contributed by atoms with Crippen molar-refractivity contribution in [3.05, 3.63) is 23.8 Å². The molecule has 5 nitrogen and oxygen atoms in total. The predicted molar refractivity (Wildman–Crippen MR) is 99.9 cm³/mol. The van der Waals surface area contributed by atoms with Crippen molar-refractivity contribution in [2.45, 2.75) is 63.8 Å². The van der Waals surface area contributed by atoms with Crippen LogP contribution in [0.2, 0.25) is 0 Å². The number of hydrogen-bond acceptors (Lipinski definition) is 5. The molecule has 0 heterocycles. The highest BCUT2D eigenvalue weighted by Crippen LogP contribution is 2.70. The Bertz CT molecular complexity index is 805. The lowest BCUT2D eigenvalue weighted by Gasteiger charge is -2.62. The summed E-state index contributed by atoms with van der Waals surface area (Å²) < 4.78 is 16.9. The molecule has 0 aromatic heterocycles. The van der Waals surface area contributed by atoms with E-state index in [1.165, 1.54) is 12.2 Å². The van der Waals surface area contributed by atoms with Gasteiger partial charge in [0.1, 0.15) is 12.2 Å². The summed E-state index contributed by atoms with van der Waals surface area (Å²) in [5.41, 5.74) is -5.17. The summed E-state index contributed by atoms with van der Waals surface area (Å²) in [5, 5.41) is 32.0. The van der Waals surface area contributed by atoms with Crippen molar-refractivity contribution in [1.82, 2.24) is 0 Å². The van der Waals surface area contributed by atoms with Crippen LogP contribution in [0.15, 0.2) is 23.8 Å². The molecule has 28 heavy (non-hydrogen) atoms. The van der Waals surface area contributed by atoms with Gasteiger partial charge in [-0.25, -0.2) is 4.39 Å². The fraction of sp³-hybridized carbons (Fsp3) is 0.727. The summed E-state index contributed by atoms with van der Waals surface area (Å²) >= 11 is 0. The number of aliphatic hydroxyl groups excluding tert-OH is 2. The van der Waals surface area contributed by atoms with Crippen molar-refractivity contribution >= 4 is 11.6 Å². The molecule has 4 rings (SSSR count). The lowest BCUT2D eigenvalue weighted by Crippen LogP contribution is -2.69. The van der Waals surface area contributed by atoms with Crippen LogP contribution in [0.4, 0.5) is 4.39 Å². The van der Waals surface area contributed by atoms with Crippen LogP contribution in [-0.2, 0) is 9.59 Å². The second-order valence-electron chi connectivity index (χ2n) is 9.75. The van der Waals surface area contributed by atoms with Crippen LogP contribution < -0.4 is 0 Å². The van der Waals surface area contributed by atoms with Gasteiger partial charge in [-0.2, -0.15) is 0 Å². The maximum absolute atomic E-state index is 16.9. The van der Waals surface area contributed by atoms with E-state index in [2.05, 4.69) is 0 Å². The first-order chi connectivity index (χ1) is 13.0. The van der Waals surface area contributed by atoms with E-state index in [1.54, 1.807) is 26.8 Å². The van der Waals surface area contributed by atoms with Gasteiger partial charge in [0.2, 0.25) is 0 Å². The highest BCUT2D eigenvalue weighted by atomic mass is 19.1. The van der Waals surface area contributed by atoms with Crippen LogP contribution in [0.1, 0.15) is 46.5 Å². The highest BCUT2D eigenvalue weighted by molar-refractivity contribution is 6.01. The Morgan fingerprint density at radius 2 is 2.00 bits per heavy atom. The SMILES string of the molecule is C[C@H]1C[C@@H]2[C@H]3CCC4=CC(=O)C=C[C@@]4(C)[C@]3(F)[C@H](O)C[C@@]2(C)[C@]1(O)C(=O)CO. The minimum absolute atomic E-state index is 0.0676. The zero-order chi connectivity index (χ0) is 20.7. The lowest BCUT2D eigenvalue weighted by molar-refractivity contribution is -0.219. The largest absolute Gasteiger partial charge is 0.390 e. The molecule has 0 amide bonds. The van der Waals surface area contributed by atoms with Crippen LogP contribution in [-0.4, -0.2) is 50.9 Å². The number of halogens is 1. The zero-order valence-corrected chi connectivity index (χ0v) is 16.6. The summed E-state index contributed by atoms with van der Waals surface area (Å²) in [4.78, 5) is 24.4. The minimum Gasteiger partial charge on any atom is -0.390 e. The van der Waals surface area contributed by atoms with Crippen LogP contribution >= 0.6 is 0 Å². The van der Waals surface area contributed by atoms with E-state index in [9.17, 15) is 24.9 Å². The van der Waals surface area contributed by atoms with Gasteiger partial charge < -0.3 is 15.3 Å². The number of rotatable bonds is 2. The minimum atomic E-state index is -1.98. The quantitative estimate of drug-likeness (QED) is 0.667. The van der Waals surface area contributed by atoms with E-state index in [1.807, 2.05) is 0 Å². The number of hydrogen-bond donors (Lipinski definition) is 3. The first-order valence-corrected chi connectivity index (χ1v) is 10.1. The summed E-state index contributed by atoms with van der Waals surface area (Å²) in [6.07, 6.45) is 4.44. The van der Waals surface area contributed by atoms with Crippen molar-refractivity contribution in [3.8, 4) is 0 Å². The Balaban J connectivity index is 1.84. The summed E-state index contributed by atoms with van der Waals surface area (Å²) in [6.45, 7) is 4.48. The number of allylic oxidation sites excluding steroid dienone is 4. The number of fused-ring (bicyclic) bond motifs is 5. The number of alkyl halides is 1. The van der Waals surface area contributed by atoms with Gasteiger partial charge in [0.05, 0.1) is 6.10 Å². The van der Waals surface area contributed by atoms with Crippen LogP contribution in [0.5, 0.6) is 0 Å². The molecule has 6 heteroatoms. The molecular weight excluding hydrogens is 363 g/mol. The fourth-order valence-electron chi connectivity index (χ4n) is 7.26. The molecular formula is C22H29FO5. The molecule has 0 aliphatic heterocycles. The molecule has 3 saturated carbocycles. The van der Waals surface area contributed by atoms with Crippen molar-refractivity contribution < 1.29 is 29.3 Å². The molecule has 3 fully saturated rings. The molecule has 3 N–H and O–H groups in total. The average Bonchev–Trinajstić information content (AvgIpc) is 2.84. The Kier molecular flexibility index (Phi) is 4.15. The molecule has 0 spiro atoms. The Labute approximate surface area is 164 Å². The molecule has 8 atom stereocenters. The van der Waals surface area contributed by atoms with Gasteiger partial charge in [-0.05, 0) is 56.6 Å². The van der Waals surface area contributed by atoms with Crippen LogP contribution in [0.25, 0.3) is 0 Å². The first-order valence-electron chi connectivity index (χ1n) is 10.1. The van der Waals surface area contributed by atoms with Crippen LogP contribution in [0.3, 0.4) is 0 Å². The number of aliphatic hydroxyl groups is 3. The molecule has 4 aliphatic carbocycles. The van der Waals surface area contributed by atoms with E-state index in [4.69, 9.17) is 0 Å². The second-order valence-corrected chi connectivity index (χ2v) is 9.75. The fourth-order valence-corrected chi connectivity index (χ4v) is 7.26. The molecule has 0 unspecified atom stereocenters. The molecule has 0 saturated heterocycles. The van der Waals surface area contributed by atoms with E-state index in [0.29, 0.717) is 24.8 Å². The first kappa shape index (κ1) is 19.9. The summed E-state index contributed by atoms with van der Waals surface area (Å²) in [7, 11) is 0. The molecule has 154 valence electrons. The number of carbonyl (C=O) groups is 2. The van der Waals surface area contributed by atoms with Gasteiger partial charge in [0.15, 0.2) is 17.2 Å². The van der Waals surface area contributed by atoms with Crippen molar-refractivity contribution in [3.63, 3.8) is 0 Å². The van der Waals surface area contributed by atoms with Crippen molar-refractivity contribution in [2.75, 3.05) is 6.61 Å². The second kappa shape index (κ2) is 5.83. The Hall–Kier alpha value is -1.37. The van der Waals surface area contributed by atoms with Crippen molar-refractivity contribution in [1.29, 1.82) is 0 Å². The Morgan fingerprint density at radius 3 is 2.64 bits per heavy atom. The topological polar surface area (TPSA) is 94.8 Å². The maximum atomic E-state index is 16.9. The summed E-state index contributed by atoms with van der Waals surface area (Å²) in [6, 6.07) is 0. The van der Waals surface area contributed by atoms with Crippen LogP contribution in [0, 0.1) is 28.6 Å². The third-order valence-electron chi connectivity index (χ3n) is 8.79. The van der Waals surface area contributed by atoms with E-state index in [-0.39, 0.29) is 18.1 Å². The van der Waals surface area contributed by atoms with E-state index < -0.39 is 52.4 Å². The van der Waals surface area contributed by atoms with Gasteiger partial charge in [0, 0.05) is 16.7 Å². The zero-order valence-electron chi connectivity index (χ0n) is 16.6. The number of carbonyl (C=O) groups excluding carboxylic acids is 2. The normalized spacial score (nSPS) is 52.5. The van der Waals surface area contributed by atoms with Gasteiger partial charge >= 0.3 is 0 Å². The molecule has 0 radical (unpaired) electrons. The molecule has 4 aliphatic rings. The standard InChI is InChI=1S/C22H29FO5/c1-12-8-16-15-5-4-13-9-14(25)6-7-19(13,2)21(15,23)17(26)10-20(16,3)22(12,28)18(27)11-24/h6-7,9,12,15-17,24,26,28H,4-5,8,10-11H2,1-3H3/t12-,15+,16+,17+,19+,20+,21+,22+/m0/s1. The Morgan fingerprint density at radius 1 is 1.32 bits per heavy atom. The van der Waals surface area contributed by atoms with E-state index >= 15 is 4.39 Å². The molecule has 0 aromatic carbocycles. The van der Waals surface area contributed by atoms with Gasteiger partial charge in [-0.15, -0.1) is 0 Å². The van der Waals surface area contributed by atoms with Crippen molar-refractivity contribution in [2.24, 2.45) is 28.6 Å². The monoisotopic (exact) mass is 392 g/mol. The van der Waals surface area contributed by atoms with Gasteiger partial charge in [-0.3, -0.25) is 9.59 Å². The number of ketones is 2. The average molecular weight is 392 g/mol.